The molecule has 1 unspecified atom stereocenters. The summed E-state index contributed by atoms with van der Waals surface area (Å²) in [6.07, 6.45) is 3.64. The summed E-state index contributed by atoms with van der Waals surface area (Å²) in [5, 5.41) is 16.5. The summed E-state index contributed by atoms with van der Waals surface area (Å²) in [4.78, 5) is 12.3. The lowest BCUT2D eigenvalue weighted by Crippen LogP contribution is -2.46. The van der Waals surface area contributed by atoms with Crippen molar-refractivity contribution in [1.82, 2.24) is 9.91 Å². The zero-order valence-electron chi connectivity index (χ0n) is 9.30. The van der Waals surface area contributed by atoms with Gasteiger partial charge in [-0.2, -0.15) is 5.10 Å². The van der Waals surface area contributed by atoms with E-state index >= 15 is 0 Å². The van der Waals surface area contributed by atoms with E-state index in [-0.39, 0.29) is 4.92 Å². The Kier molecular flexibility index (Phi) is 4.33. The van der Waals surface area contributed by atoms with Crippen molar-refractivity contribution in [3.63, 3.8) is 0 Å². The first kappa shape index (κ1) is 11.7. The average molecular weight is 214 g/mol. The Balaban J connectivity index is 2.58. The van der Waals surface area contributed by atoms with Crippen molar-refractivity contribution in [2.75, 3.05) is 13.1 Å². The van der Waals surface area contributed by atoms with Crippen LogP contribution in [-0.4, -0.2) is 40.5 Å². The third kappa shape index (κ3) is 2.81. The van der Waals surface area contributed by atoms with Gasteiger partial charge in [0, 0.05) is 13.1 Å². The molecule has 1 rings (SSSR count). The van der Waals surface area contributed by atoms with E-state index < -0.39 is 6.29 Å². The van der Waals surface area contributed by atoms with Crippen LogP contribution in [0.3, 0.4) is 0 Å². The summed E-state index contributed by atoms with van der Waals surface area (Å²) in [7, 11) is 0. The van der Waals surface area contributed by atoms with Gasteiger partial charge in [-0.1, -0.05) is 20.3 Å². The van der Waals surface area contributed by atoms with E-state index in [1.807, 2.05) is 6.92 Å². The lowest BCUT2D eigenvalue weighted by Gasteiger charge is -2.22. The Morgan fingerprint density at radius 3 is 2.67 bits per heavy atom. The van der Waals surface area contributed by atoms with Gasteiger partial charge in [0.25, 0.3) is 0 Å². The number of hydrogen-bond acceptors (Lipinski definition) is 5. The van der Waals surface area contributed by atoms with Crippen molar-refractivity contribution < 1.29 is 4.92 Å². The molecule has 0 aliphatic carbocycles. The Hall–Kier alpha value is -1.33. The van der Waals surface area contributed by atoms with Crippen LogP contribution in [0.25, 0.3) is 0 Å². The lowest BCUT2D eigenvalue weighted by molar-refractivity contribution is -0.570. The standard InChI is InChI=1S/C9H18N4O2/c1-3-5-7-11-8-10-12(6-4-2)9(11)13(14)15/h8-9H,3-7H2,1-2H3. The number of nitrogens with zero attached hydrogens (tertiary/aromatic N) is 4. The molecular formula is C9H18N4O2. The van der Waals surface area contributed by atoms with E-state index in [4.69, 9.17) is 0 Å². The van der Waals surface area contributed by atoms with Gasteiger partial charge in [0.15, 0.2) is 0 Å². The van der Waals surface area contributed by atoms with Gasteiger partial charge in [0.2, 0.25) is 0 Å². The van der Waals surface area contributed by atoms with Crippen molar-refractivity contribution in [1.29, 1.82) is 0 Å². The summed E-state index contributed by atoms with van der Waals surface area (Å²) in [5.41, 5.74) is 0. The van der Waals surface area contributed by atoms with Gasteiger partial charge < -0.3 is 0 Å². The minimum atomic E-state index is -0.795. The summed E-state index contributed by atoms with van der Waals surface area (Å²) < 4.78 is 0. The third-order valence-electron chi connectivity index (χ3n) is 2.32. The molecule has 1 aliphatic heterocycles. The number of rotatable bonds is 6. The molecule has 15 heavy (non-hydrogen) atoms. The maximum Gasteiger partial charge on any atom is 0.383 e. The molecule has 6 nitrogen and oxygen atoms in total. The quantitative estimate of drug-likeness (QED) is 0.494. The maximum absolute atomic E-state index is 10.9. The van der Waals surface area contributed by atoms with Gasteiger partial charge in [-0.25, -0.2) is 5.01 Å². The molecule has 0 saturated carbocycles. The first-order chi connectivity index (χ1) is 7.20. The van der Waals surface area contributed by atoms with E-state index in [1.54, 1.807) is 11.2 Å². The van der Waals surface area contributed by atoms with Crippen LogP contribution < -0.4 is 0 Å². The molecule has 6 heteroatoms. The molecule has 0 N–H and O–H groups in total. The number of hydrogen-bond donors (Lipinski definition) is 0. The summed E-state index contributed by atoms with van der Waals surface area (Å²) >= 11 is 0. The van der Waals surface area contributed by atoms with Crippen LogP contribution in [0.2, 0.25) is 0 Å². The molecule has 0 aromatic rings. The SMILES string of the molecule is CCCCN1C=NN(CCC)C1[N+](=O)[O-]. The van der Waals surface area contributed by atoms with E-state index in [1.165, 1.54) is 5.01 Å². The third-order valence-corrected chi connectivity index (χ3v) is 2.32. The fourth-order valence-electron chi connectivity index (χ4n) is 1.57. The van der Waals surface area contributed by atoms with Crippen molar-refractivity contribution in [2.45, 2.75) is 39.4 Å². The molecule has 0 spiro atoms. The molecule has 0 aromatic carbocycles. The summed E-state index contributed by atoms with van der Waals surface area (Å²) in [6, 6.07) is 0. The normalized spacial score (nSPS) is 20.0. The van der Waals surface area contributed by atoms with Crippen molar-refractivity contribution >= 4 is 6.34 Å². The largest absolute Gasteiger partial charge is 0.383 e. The second kappa shape index (κ2) is 5.53. The van der Waals surface area contributed by atoms with E-state index in [2.05, 4.69) is 12.0 Å². The van der Waals surface area contributed by atoms with Crippen molar-refractivity contribution in [2.24, 2.45) is 5.10 Å². The summed E-state index contributed by atoms with van der Waals surface area (Å²) in [5.74, 6) is 0. The Morgan fingerprint density at radius 1 is 1.40 bits per heavy atom. The monoisotopic (exact) mass is 214 g/mol. The van der Waals surface area contributed by atoms with Crippen LogP contribution in [0.5, 0.6) is 0 Å². The van der Waals surface area contributed by atoms with Crippen LogP contribution in [0.4, 0.5) is 0 Å². The predicted octanol–water partition coefficient (Wildman–Crippen LogP) is 1.32. The van der Waals surface area contributed by atoms with Crippen LogP contribution in [-0.2, 0) is 0 Å². The van der Waals surface area contributed by atoms with Crippen LogP contribution in [0.15, 0.2) is 5.10 Å². The van der Waals surface area contributed by atoms with Crippen molar-refractivity contribution in [3.05, 3.63) is 10.1 Å². The molecule has 0 amide bonds. The Labute approximate surface area is 89.7 Å². The highest BCUT2D eigenvalue weighted by Crippen LogP contribution is 2.14. The molecule has 0 fully saturated rings. The van der Waals surface area contributed by atoms with Crippen LogP contribution in [0, 0.1) is 10.1 Å². The molecule has 0 radical (unpaired) electrons. The minimum absolute atomic E-state index is 0.279. The highest BCUT2D eigenvalue weighted by atomic mass is 16.6. The second-order valence-electron chi connectivity index (χ2n) is 3.62. The lowest BCUT2D eigenvalue weighted by atomic mass is 10.3. The first-order valence-corrected chi connectivity index (χ1v) is 5.40. The van der Waals surface area contributed by atoms with Gasteiger partial charge >= 0.3 is 6.29 Å². The molecule has 1 heterocycles. The maximum atomic E-state index is 10.9. The zero-order valence-corrected chi connectivity index (χ0v) is 9.30. The molecule has 0 aromatic heterocycles. The minimum Gasteiger partial charge on any atom is -0.279 e. The molecule has 1 aliphatic rings. The molecule has 0 saturated heterocycles. The number of nitro groups is 1. The van der Waals surface area contributed by atoms with Gasteiger partial charge in [-0.15, -0.1) is 0 Å². The van der Waals surface area contributed by atoms with Gasteiger partial charge in [0.05, 0.1) is 4.92 Å². The number of hydrazone groups is 1. The Morgan fingerprint density at radius 2 is 2.13 bits per heavy atom. The van der Waals surface area contributed by atoms with Crippen LogP contribution >= 0.6 is 0 Å². The Bertz CT molecular complexity index is 244. The zero-order chi connectivity index (χ0) is 11.3. The highest BCUT2D eigenvalue weighted by molar-refractivity contribution is 5.56. The van der Waals surface area contributed by atoms with Gasteiger partial charge in [-0.05, 0) is 12.8 Å². The highest BCUT2D eigenvalue weighted by Gasteiger charge is 2.36. The molecule has 1 atom stereocenters. The van der Waals surface area contributed by atoms with E-state index in [0.29, 0.717) is 13.1 Å². The fourth-order valence-corrected chi connectivity index (χ4v) is 1.57. The van der Waals surface area contributed by atoms with E-state index in [0.717, 1.165) is 19.3 Å². The predicted molar refractivity (Wildman–Crippen MR) is 57.9 cm³/mol. The van der Waals surface area contributed by atoms with Gasteiger partial charge in [0.1, 0.15) is 6.34 Å². The molecular weight excluding hydrogens is 196 g/mol. The average Bonchev–Trinajstić information content (AvgIpc) is 2.58. The van der Waals surface area contributed by atoms with Crippen molar-refractivity contribution in [3.8, 4) is 0 Å². The van der Waals surface area contributed by atoms with Crippen LogP contribution in [0.1, 0.15) is 33.1 Å². The molecule has 86 valence electrons. The summed E-state index contributed by atoms with van der Waals surface area (Å²) in [6.45, 7) is 5.38. The topological polar surface area (TPSA) is 62.0 Å². The van der Waals surface area contributed by atoms with E-state index in [9.17, 15) is 10.1 Å². The van der Waals surface area contributed by atoms with Gasteiger partial charge in [-0.3, -0.25) is 15.0 Å². The smallest absolute Gasteiger partial charge is 0.279 e. The first-order valence-electron chi connectivity index (χ1n) is 5.40. The fraction of sp³-hybridized carbons (Fsp3) is 0.889. The molecule has 0 bridgehead atoms. The number of unbranched alkanes of at least 4 members (excludes halogenated alkanes) is 1. The second-order valence-corrected chi connectivity index (χ2v) is 3.62.